The minimum Gasteiger partial charge on any atom is -0.371 e. The first-order valence-corrected chi connectivity index (χ1v) is 8.71. The van der Waals surface area contributed by atoms with Crippen molar-refractivity contribution in [3.8, 4) is 0 Å². The zero-order valence-corrected chi connectivity index (χ0v) is 14.1. The lowest BCUT2D eigenvalue weighted by Gasteiger charge is -2.44. The van der Waals surface area contributed by atoms with Crippen LogP contribution in [0.5, 0.6) is 0 Å². The molecule has 1 spiro atoms. The topological polar surface area (TPSA) is 48.5 Å². The van der Waals surface area contributed by atoms with Gasteiger partial charge in [-0.15, -0.1) is 0 Å². The summed E-state index contributed by atoms with van der Waals surface area (Å²) >= 11 is 0. The van der Waals surface area contributed by atoms with Crippen LogP contribution in [0.1, 0.15) is 24.0 Å². The Morgan fingerprint density at radius 3 is 2.58 bits per heavy atom. The number of hydrogen-bond acceptors (Lipinski definition) is 3. The quantitative estimate of drug-likeness (QED) is 0.793. The molecule has 4 nitrogen and oxygen atoms in total. The summed E-state index contributed by atoms with van der Waals surface area (Å²) < 4.78 is 0. The number of piperidine rings is 1. The Balaban J connectivity index is 1.70. The van der Waals surface area contributed by atoms with Crippen molar-refractivity contribution in [1.82, 2.24) is 5.32 Å². The minimum absolute atomic E-state index is 0.0825. The van der Waals surface area contributed by atoms with Crippen molar-refractivity contribution >= 4 is 17.2 Å². The van der Waals surface area contributed by atoms with Crippen LogP contribution in [0, 0.1) is 6.92 Å². The van der Waals surface area contributed by atoms with E-state index in [2.05, 4.69) is 65.3 Å². The standard InChI is InChI=1S/C20H24N4/c1-15-6-5-9-17-18(15)23-19(20(24-17)10-12-21-13-11-20)22-14-16-7-3-2-4-8-16/h2-9,21,24H,10-14H2,1H3,(H,22,23). The molecular weight excluding hydrogens is 296 g/mol. The van der Waals surface area contributed by atoms with Crippen LogP contribution in [0.15, 0.2) is 53.5 Å². The first-order chi connectivity index (χ1) is 11.8. The van der Waals surface area contributed by atoms with E-state index in [1.54, 1.807) is 0 Å². The van der Waals surface area contributed by atoms with E-state index >= 15 is 0 Å². The van der Waals surface area contributed by atoms with Gasteiger partial charge in [0.25, 0.3) is 0 Å². The fraction of sp³-hybridized carbons (Fsp3) is 0.350. The maximum absolute atomic E-state index is 4.99. The van der Waals surface area contributed by atoms with Crippen molar-refractivity contribution in [3.05, 3.63) is 59.7 Å². The molecule has 124 valence electrons. The molecule has 2 aromatic rings. The Hall–Kier alpha value is -2.33. The predicted molar refractivity (Wildman–Crippen MR) is 101 cm³/mol. The van der Waals surface area contributed by atoms with Crippen molar-refractivity contribution in [2.24, 2.45) is 4.99 Å². The Labute approximate surface area is 143 Å². The molecule has 2 heterocycles. The normalized spacial score (nSPS) is 20.3. The molecule has 0 radical (unpaired) electrons. The van der Waals surface area contributed by atoms with Gasteiger partial charge in [-0.05, 0) is 50.0 Å². The average Bonchev–Trinajstić information content (AvgIpc) is 2.62. The molecule has 0 amide bonds. The Morgan fingerprint density at radius 1 is 1.00 bits per heavy atom. The summed E-state index contributed by atoms with van der Waals surface area (Å²) in [7, 11) is 0. The number of hydrogen-bond donors (Lipinski definition) is 3. The molecule has 2 aliphatic rings. The maximum atomic E-state index is 4.99. The molecule has 3 N–H and O–H groups in total. The summed E-state index contributed by atoms with van der Waals surface area (Å²) in [6.45, 7) is 4.88. The van der Waals surface area contributed by atoms with Crippen LogP contribution >= 0.6 is 0 Å². The predicted octanol–water partition coefficient (Wildman–Crippen LogP) is 3.55. The van der Waals surface area contributed by atoms with Gasteiger partial charge in [-0.1, -0.05) is 42.5 Å². The molecule has 0 saturated carbocycles. The van der Waals surface area contributed by atoms with Gasteiger partial charge >= 0.3 is 0 Å². The minimum atomic E-state index is -0.0825. The number of rotatable bonds is 2. The van der Waals surface area contributed by atoms with Crippen molar-refractivity contribution in [2.75, 3.05) is 23.7 Å². The summed E-state index contributed by atoms with van der Waals surface area (Å²) in [6.07, 6.45) is 2.09. The van der Waals surface area contributed by atoms with E-state index < -0.39 is 0 Å². The summed E-state index contributed by atoms with van der Waals surface area (Å²) in [5.41, 5.74) is 4.76. The second kappa shape index (κ2) is 6.29. The Kier molecular flexibility index (Phi) is 3.98. The lowest BCUT2D eigenvalue weighted by atomic mass is 9.84. The fourth-order valence-corrected chi connectivity index (χ4v) is 3.65. The van der Waals surface area contributed by atoms with Crippen molar-refractivity contribution in [2.45, 2.75) is 31.8 Å². The van der Waals surface area contributed by atoms with Gasteiger partial charge in [0.2, 0.25) is 0 Å². The first kappa shape index (κ1) is 15.2. The van der Waals surface area contributed by atoms with E-state index in [9.17, 15) is 0 Å². The number of nitrogens with zero attached hydrogens (tertiary/aromatic N) is 1. The third-order valence-electron chi connectivity index (χ3n) is 5.06. The zero-order chi connectivity index (χ0) is 16.4. The van der Waals surface area contributed by atoms with Crippen LogP contribution in [0.3, 0.4) is 0 Å². The van der Waals surface area contributed by atoms with Crippen LogP contribution < -0.4 is 16.0 Å². The Bertz CT molecular complexity index is 745. The van der Waals surface area contributed by atoms with E-state index in [0.717, 1.165) is 37.5 Å². The van der Waals surface area contributed by atoms with Crippen LogP contribution in [0.2, 0.25) is 0 Å². The van der Waals surface area contributed by atoms with Crippen molar-refractivity contribution in [3.63, 3.8) is 0 Å². The molecule has 2 aromatic carbocycles. The highest BCUT2D eigenvalue weighted by atomic mass is 15.2. The fourth-order valence-electron chi connectivity index (χ4n) is 3.65. The van der Waals surface area contributed by atoms with E-state index in [0.29, 0.717) is 6.54 Å². The molecular formula is C20H24N4. The lowest BCUT2D eigenvalue weighted by Crippen LogP contribution is -2.58. The second-order valence-corrected chi connectivity index (χ2v) is 6.73. The van der Waals surface area contributed by atoms with Crippen LogP contribution in [0.25, 0.3) is 0 Å². The number of anilines is 2. The first-order valence-electron chi connectivity index (χ1n) is 8.71. The van der Waals surface area contributed by atoms with Gasteiger partial charge in [-0.25, -0.2) is 0 Å². The van der Waals surface area contributed by atoms with Crippen LogP contribution in [-0.4, -0.2) is 24.5 Å². The van der Waals surface area contributed by atoms with Gasteiger partial charge in [0.05, 0.1) is 23.5 Å². The monoisotopic (exact) mass is 320 g/mol. The molecule has 0 atom stereocenters. The van der Waals surface area contributed by atoms with Crippen LogP contribution in [0.4, 0.5) is 11.4 Å². The third kappa shape index (κ3) is 2.78. The summed E-state index contributed by atoms with van der Waals surface area (Å²) in [6, 6.07) is 16.9. The van der Waals surface area contributed by atoms with Gasteiger partial charge < -0.3 is 16.0 Å². The molecule has 1 saturated heterocycles. The summed E-state index contributed by atoms with van der Waals surface area (Å²) in [5.74, 6) is 1.08. The molecule has 0 bridgehead atoms. The van der Waals surface area contributed by atoms with Gasteiger partial charge in [0.15, 0.2) is 0 Å². The molecule has 4 rings (SSSR count). The van der Waals surface area contributed by atoms with E-state index in [1.807, 2.05) is 6.07 Å². The van der Waals surface area contributed by atoms with Gasteiger partial charge in [0, 0.05) is 0 Å². The molecule has 2 aliphatic heterocycles. The average molecular weight is 320 g/mol. The number of aryl methyl sites for hydroxylation is 1. The highest BCUT2D eigenvalue weighted by Crippen LogP contribution is 2.37. The number of amidine groups is 1. The van der Waals surface area contributed by atoms with Crippen molar-refractivity contribution in [1.29, 1.82) is 0 Å². The third-order valence-corrected chi connectivity index (χ3v) is 5.06. The smallest absolute Gasteiger partial charge is 0.127 e. The molecule has 0 aromatic heterocycles. The number of benzene rings is 2. The van der Waals surface area contributed by atoms with E-state index in [-0.39, 0.29) is 5.54 Å². The highest BCUT2D eigenvalue weighted by Gasteiger charge is 2.41. The highest BCUT2D eigenvalue weighted by molar-refractivity contribution is 6.10. The number of fused-ring (bicyclic) bond motifs is 1. The SMILES string of the molecule is Cc1cccc2c1NC(=NCc1ccccc1)C1(CCNCC1)N2. The zero-order valence-electron chi connectivity index (χ0n) is 14.1. The van der Waals surface area contributed by atoms with Gasteiger partial charge in [-0.2, -0.15) is 0 Å². The van der Waals surface area contributed by atoms with E-state index in [1.165, 1.54) is 16.8 Å². The molecule has 0 unspecified atom stereocenters. The van der Waals surface area contributed by atoms with Crippen molar-refractivity contribution < 1.29 is 0 Å². The maximum Gasteiger partial charge on any atom is 0.127 e. The number of aliphatic imine (C=N–C) groups is 1. The molecule has 24 heavy (non-hydrogen) atoms. The number of nitrogens with one attached hydrogen (secondary N) is 3. The van der Waals surface area contributed by atoms with E-state index in [4.69, 9.17) is 4.99 Å². The summed E-state index contributed by atoms with van der Waals surface area (Å²) in [5, 5.41) is 10.9. The van der Waals surface area contributed by atoms with Crippen LogP contribution in [-0.2, 0) is 6.54 Å². The largest absolute Gasteiger partial charge is 0.371 e. The second-order valence-electron chi connectivity index (χ2n) is 6.73. The number of para-hydroxylation sites is 1. The lowest BCUT2D eigenvalue weighted by molar-refractivity contribution is 0.419. The van der Waals surface area contributed by atoms with Gasteiger partial charge in [0.1, 0.15) is 5.84 Å². The molecule has 4 heteroatoms. The molecule has 1 fully saturated rings. The van der Waals surface area contributed by atoms with Gasteiger partial charge in [-0.3, -0.25) is 4.99 Å². The molecule has 0 aliphatic carbocycles. The Morgan fingerprint density at radius 2 is 1.79 bits per heavy atom. The summed E-state index contributed by atoms with van der Waals surface area (Å²) in [4.78, 5) is 4.99.